The topological polar surface area (TPSA) is 98.0 Å². The van der Waals surface area contributed by atoms with Crippen molar-refractivity contribution < 1.29 is 28.2 Å². The molecule has 1 aliphatic rings. The van der Waals surface area contributed by atoms with Gasteiger partial charge in [0.25, 0.3) is 0 Å². The molecule has 0 aliphatic carbocycles. The molecule has 7 nitrogen and oxygen atoms in total. The molecule has 3 N–H and O–H groups in total. The number of aliphatic hydroxyl groups is 1. The van der Waals surface area contributed by atoms with Gasteiger partial charge in [0.05, 0.1) is 23.6 Å². The van der Waals surface area contributed by atoms with Crippen LogP contribution >= 0.6 is 0 Å². The fraction of sp³-hybridized carbons (Fsp3) is 0.607. The van der Waals surface area contributed by atoms with Crippen LogP contribution in [0.3, 0.4) is 0 Å². The number of alkyl halides is 3. The molecular formula is C28H45F3N4O3. The minimum atomic E-state index is -4.41. The number of carbonyl (C=O) groups is 1. The van der Waals surface area contributed by atoms with E-state index in [9.17, 15) is 23.1 Å². The first-order valence-corrected chi connectivity index (χ1v) is 13.3. The van der Waals surface area contributed by atoms with Crippen LogP contribution in [0.5, 0.6) is 0 Å². The number of rotatable bonds is 10. The summed E-state index contributed by atoms with van der Waals surface area (Å²) in [5, 5.41) is 22.6. The Morgan fingerprint density at radius 2 is 1.84 bits per heavy atom. The first kappa shape index (κ1) is 35.1. The number of halogens is 3. The third-order valence-corrected chi connectivity index (χ3v) is 5.76. The smallest absolute Gasteiger partial charge is 0.416 e. The second kappa shape index (κ2) is 17.6. The molecule has 0 aromatic carbocycles. The number of aliphatic carboxylic acids is 1. The Labute approximate surface area is 225 Å². The second-order valence-corrected chi connectivity index (χ2v) is 8.64. The maximum atomic E-state index is 13.0. The van der Waals surface area contributed by atoms with Crippen molar-refractivity contribution in [3.63, 3.8) is 0 Å². The molecule has 0 saturated heterocycles. The molecule has 0 bridgehead atoms. The summed E-state index contributed by atoms with van der Waals surface area (Å²) in [7, 11) is 0. The van der Waals surface area contributed by atoms with Crippen LogP contribution in [0, 0.1) is 5.92 Å². The van der Waals surface area contributed by atoms with Gasteiger partial charge in [-0.1, -0.05) is 52.8 Å². The zero-order valence-corrected chi connectivity index (χ0v) is 23.8. The van der Waals surface area contributed by atoms with Crippen molar-refractivity contribution in [3.05, 3.63) is 47.7 Å². The van der Waals surface area contributed by atoms with Gasteiger partial charge >= 0.3 is 12.1 Å². The number of aromatic nitrogens is 1. The molecule has 1 aliphatic heterocycles. The summed E-state index contributed by atoms with van der Waals surface area (Å²) in [4.78, 5) is 21.8. The number of hydrogen-bond donors (Lipinski definition) is 3. The van der Waals surface area contributed by atoms with Crippen molar-refractivity contribution in [2.45, 2.75) is 79.5 Å². The number of carboxylic acids is 1. The van der Waals surface area contributed by atoms with E-state index in [4.69, 9.17) is 5.11 Å². The summed E-state index contributed by atoms with van der Waals surface area (Å²) in [5.41, 5.74) is -1.05. The van der Waals surface area contributed by atoms with Gasteiger partial charge in [0, 0.05) is 31.4 Å². The van der Waals surface area contributed by atoms with Crippen LogP contribution in [0.15, 0.2) is 47.1 Å². The lowest BCUT2D eigenvalue weighted by Gasteiger charge is -2.29. The lowest BCUT2D eigenvalue weighted by Crippen LogP contribution is -2.34. The minimum absolute atomic E-state index is 0.0174. The maximum Gasteiger partial charge on any atom is 0.416 e. The largest absolute Gasteiger partial charge is 0.481 e. The number of allylic oxidation sites excluding steroid dienone is 2. The zero-order chi connectivity index (χ0) is 29.4. The molecule has 2 heterocycles. The molecule has 0 amide bonds. The predicted octanol–water partition coefficient (Wildman–Crippen LogP) is 6.00. The van der Waals surface area contributed by atoms with Gasteiger partial charge in [-0.05, 0) is 45.2 Å². The van der Waals surface area contributed by atoms with Gasteiger partial charge in [0.1, 0.15) is 11.7 Å². The lowest BCUT2D eigenvalue weighted by molar-refractivity contribution is -0.141. The average Bonchev–Trinajstić information content (AvgIpc) is 3.02. The predicted molar refractivity (Wildman–Crippen MR) is 149 cm³/mol. The molecule has 2 rings (SSSR count). The van der Waals surface area contributed by atoms with E-state index in [2.05, 4.69) is 15.3 Å². The van der Waals surface area contributed by atoms with Gasteiger partial charge < -0.3 is 20.4 Å². The molecule has 216 valence electrons. The van der Waals surface area contributed by atoms with Crippen LogP contribution in [0.4, 0.5) is 19.0 Å². The molecule has 0 saturated carbocycles. The van der Waals surface area contributed by atoms with Gasteiger partial charge in [-0.25, -0.2) is 4.98 Å². The average molecular weight is 543 g/mol. The molecule has 10 heteroatoms. The second-order valence-electron chi connectivity index (χ2n) is 8.64. The highest BCUT2D eigenvalue weighted by Gasteiger charge is 2.31. The zero-order valence-electron chi connectivity index (χ0n) is 23.8. The highest BCUT2D eigenvalue weighted by molar-refractivity contribution is 5.98. The third-order valence-electron chi connectivity index (χ3n) is 5.76. The van der Waals surface area contributed by atoms with Gasteiger partial charge in [0.15, 0.2) is 0 Å². The lowest BCUT2D eigenvalue weighted by atomic mass is 9.91. The normalized spacial score (nSPS) is 18.0. The van der Waals surface area contributed by atoms with E-state index in [1.165, 1.54) is 6.08 Å². The van der Waals surface area contributed by atoms with Crippen LogP contribution in [0.1, 0.15) is 73.3 Å². The van der Waals surface area contributed by atoms with Crippen LogP contribution in [-0.4, -0.2) is 65.0 Å². The molecule has 38 heavy (non-hydrogen) atoms. The highest BCUT2D eigenvalue weighted by atomic mass is 19.4. The van der Waals surface area contributed by atoms with Gasteiger partial charge in [-0.3, -0.25) is 9.79 Å². The molecular weight excluding hydrogens is 497 g/mol. The van der Waals surface area contributed by atoms with Crippen molar-refractivity contribution in [2.24, 2.45) is 10.9 Å². The Balaban J connectivity index is 0.00000326. The Kier molecular flexibility index (Phi) is 16.3. The highest BCUT2D eigenvalue weighted by Crippen LogP contribution is 2.26. The number of nitrogens with one attached hydrogen (secondary N) is 1. The first-order valence-electron chi connectivity index (χ1n) is 13.3. The van der Waals surface area contributed by atoms with Crippen molar-refractivity contribution in [2.75, 3.05) is 31.1 Å². The van der Waals surface area contributed by atoms with Crippen molar-refractivity contribution in [3.8, 4) is 0 Å². The fourth-order valence-electron chi connectivity index (χ4n) is 3.41. The van der Waals surface area contributed by atoms with E-state index in [0.29, 0.717) is 49.6 Å². The summed E-state index contributed by atoms with van der Waals surface area (Å²) in [5.74, 6) is -0.226. The number of amidine groups is 1. The van der Waals surface area contributed by atoms with E-state index < -0.39 is 29.2 Å². The Bertz CT molecular complexity index is 911. The van der Waals surface area contributed by atoms with Crippen LogP contribution in [0.2, 0.25) is 0 Å². The van der Waals surface area contributed by atoms with E-state index in [0.717, 1.165) is 12.2 Å². The SMILES string of the molecule is CC.CC.CCN(CCC(C)(O)CC[C@@H](C)C(=O)O)c1ccc(C2=NC/C=C\C(C(F)(F)F)=C/CN2)cn1. The minimum Gasteiger partial charge on any atom is -0.481 e. The number of pyridine rings is 1. The maximum absolute atomic E-state index is 13.0. The molecule has 1 unspecified atom stereocenters. The standard InChI is InChI=1S/C24H33F3N4O3.2C2H6/c1-4-31(15-12-23(3,34)11-9-17(2)22(32)33)20-8-7-18(16-30-20)21-28-13-5-6-19(10-14-29-21)24(25,26)27;2*1-2/h5-8,10,16-17,34H,4,9,11-15H2,1-3H3,(H,28,29)(H,32,33);2*1-2H3/b6-5-,19-10+;;/t17-,23?;;/m1../s1. The molecule has 0 fully saturated rings. The van der Waals surface area contributed by atoms with Crippen molar-refractivity contribution in [1.29, 1.82) is 0 Å². The van der Waals surface area contributed by atoms with Gasteiger partial charge in [-0.15, -0.1) is 0 Å². The van der Waals surface area contributed by atoms with Gasteiger partial charge in [0.2, 0.25) is 0 Å². The summed E-state index contributed by atoms with van der Waals surface area (Å²) in [6, 6.07) is 3.61. The molecule has 1 aromatic rings. The van der Waals surface area contributed by atoms with Crippen molar-refractivity contribution in [1.82, 2.24) is 10.3 Å². The number of hydrogen-bond acceptors (Lipinski definition) is 6. The Morgan fingerprint density at radius 1 is 1.18 bits per heavy atom. The van der Waals surface area contributed by atoms with Gasteiger partial charge in [-0.2, -0.15) is 13.2 Å². The van der Waals surface area contributed by atoms with Crippen LogP contribution in [-0.2, 0) is 4.79 Å². The quantitative estimate of drug-likeness (QED) is 0.336. The number of nitrogens with zero attached hydrogens (tertiary/aromatic N) is 3. The van der Waals surface area contributed by atoms with E-state index >= 15 is 0 Å². The first-order chi connectivity index (χ1) is 17.9. The van der Waals surface area contributed by atoms with E-state index in [1.807, 2.05) is 45.6 Å². The van der Waals surface area contributed by atoms with Crippen LogP contribution < -0.4 is 10.2 Å². The summed E-state index contributed by atoms with van der Waals surface area (Å²) < 4.78 is 38.9. The van der Waals surface area contributed by atoms with Crippen LogP contribution in [0.25, 0.3) is 0 Å². The van der Waals surface area contributed by atoms with E-state index in [1.54, 1.807) is 26.1 Å². The summed E-state index contributed by atoms with van der Waals surface area (Å²) in [6.45, 7) is 14.6. The number of aliphatic imine (C=N–C) groups is 1. The number of anilines is 1. The summed E-state index contributed by atoms with van der Waals surface area (Å²) >= 11 is 0. The summed E-state index contributed by atoms with van der Waals surface area (Å²) in [6.07, 6.45) is 1.93. The van der Waals surface area contributed by atoms with Crippen molar-refractivity contribution >= 4 is 17.6 Å². The Hall–Kier alpha value is -2.88. The molecule has 1 aromatic heterocycles. The molecule has 2 atom stereocenters. The number of carboxylic acid groups (broad SMARTS) is 1. The molecule has 0 spiro atoms. The Morgan fingerprint density at radius 3 is 2.37 bits per heavy atom. The fourth-order valence-corrected chi connectivity index (χ4v) is 3.41. The molecule has 0 radical (unpaired) electrons. The monoisotopic (exact) mass is 542 g/mol. The van der Waals surface area contributed by atoms with E-state index in [-0.39, 0.29) is 13.1 Å². The third kappa shape index (κ3) is 12.6.